The highest BCUT2D eigenvalue weighted by atomic mass is 16.5. The van der Waals surface area contributed by atoms with Crippen molar-refractivity contribution in [3.63, 3.8) is 0 Å². The lowest BCUT2D eigenvalue weighted by molar-refractivity contribution is 0.0140. The van der Waals surface area contributed by atoms with Crippen LogP contribution in [-0.2, 0) is 4.74 Å². The van der Waals surface area contributed by atoms with Gasteiger partial charge in [-0.25, -0.2) is 0 Å². The van der Waals surface area contributed by atoms with Crippen molar-refractivity contribution in [1.29, 1.82) is 0 Å². The van der Waals surface area contributed by atoms with Crippen LogP contribution in [0.25, 0.3) is 0 Å². The fourth-order valence-corrected chi connectivity index (χ4v) is 2.83. The summed E-state index contributed by atoms with van der Waals surface area (Å²) in [5.41, 5.74) is 0. The number of nitrogens with zero attached hydrogens (tertiary/aromatic N) is 2. The van der Waals surface area contributed by atoms with E-state index in [9.17, 15) is 0 Å². The molecule has 0 aromatic carbocycles. The van der Waals surface area contributed by atoms with Gasteiger partial charge in [-0.2, -0.15) is 0 Å². The van der Waals surface area contributed by atoms with Gasteiger partial charge in [-0.05, 0) is 39.9 Å². The fourth-order valence-electron chi connectivity index (χ4n) is 2.83. The summed E-state index contributed by atoms with van der Waals surface area (Å²) in [4.78, 5) is 4.97. The van der Waals surface area contributed by atoms with Crippen molar-refractivity contribution in [2.75, 3.05) is 53.4 Å². The van der Waals surface area contributed by atoms with Gasteiger partial charge in [0.15, 0.2) is 0 Å². The molecule has 1 N–H and O–H groups in total. The van der Waals surface area contributed by atoms with Gasteiger partial charge in [0.25, 0.3) is 0 Å². The lowest BCUT2D eigenvalue weighted by Gasteiger charge is -2.36. The summed E-state index contributed by atoms with van der Waals surface area (Å²) in [7, 11) is 4.49. The lowest BCUT2D eigenvalue weighted by atomic mass is 10.0. The summed E-state index contributed by atoms with van der Waals surface area (Å²) in [5, 5.41) is 3.39. The minimum absolute atomic E-state index is 0.424. The maximum atomic E-state index is 5.74. The topological polar surface area (TPSA) is 27.7 Å². The molecule has 0 amide bonds. The first kappa shape index (κ1) is 13.3. The molecular weight excluding hydrogens is 214 g/mol. The van der Waals surface area contributed by atoms with Crippen molar-refractivity contribution in [2.24, 2.45) is 0 Å². The number of morpholine rings is 1. The second kappa shape index (κ2) is 6.69. The predicted octanol–water partition coefficient (Wildman–Crippen LogP) is 0.391. The van der Waals surface area contributed by atoms with Crippen LogP contribution in [0.3, 0.4) is 0 Å². The van der Waals surface area contributed by atoms with Crippen LogP contribution in [0.15, 0.2) is 0 Å². The van der Waals surface area contributed by atoms with Crippen LogP contribution in [0.2, 0.25) is 0 Å². The smallest absolute Gasteiger partial charge is 0.0712 e. The number of piperidine rings is 1. The molecule has 0 aliphatic carbocycles. The molecule has 0 aromatic rings. The van der Waals surface area contributed by atoms with Gasteiger partial charge < -0.3 is 19.9 Å². The standard InChI is InChI=1S/C13H27N3O/c1-15-7-3-4-12(11-15)16(2)8-5-13-10-14-6-9-17-13/h12-14H,3-11H2,1-2H3. The molecule has 0 bridgehead atoms. The molecule has 2 rings (SSSR count). The summed E-state index contributed by atoms with van der Waals surface area (Å²) < 4.78 is 5.74. The van der Waals surface area contributed by atoms with E-state index in [0.29, 0.717) is 6.10 Å². The SMILES string of the molecule is CN1CCCC(N(C)CCC2CNCCO2)C1. The maximum Gasteiger partial charge on any atom is 0.0712 e. The molecule has 17 heavy (non-hydrogen) atoms. The number of hydrogen-bond donors (Lipinski definition) is 1. The summed E-state index contributed by atoms with van der Waals surface area (Å²) >= 11 is 0. The fraction of sp³-hybridized carbons (Fsp3) is 1.00. The number of nitrogens with one attached hydrogen (secondary N) is 1. The third kappa shape index (κ3) is 4.21. The quantitative estimate of drug-likeness (QED) is 0.771. The van der Waals surface area contributed by atoms with E-state index in [-0.39, 0.29) is 0 Å². The van der Waals surface area contributed by atoms with Crippen molar-refractivity contribution in [3.05, 3.63) is 0 Å². The Morgan fingerprint density at radius 3 is 3.06 bits per heavy atom. The van der Waals surface area contributed by atoms with Crippen molar-refractivity contribution >= 4 is 0 Å². The van der Waals surface area contributed by atoms with Crippen LogP contribution in [0.5, 0.6) is 0 Å². The van der Waals surface area contributed by atoms with Gasteiger partial charge >= 0.3 is 0 Å². The molecule has 0 saturated carbocycles. The zero-order valence-electron chi connectivity index (χ0n) is 11.3. The molecule has 2 unspecified atom stereocenters. The number of ether oxygens (including phenoxy) is 1. The molecule has 0 radical (unpaired) electrons. The van der Waals surface area contributed by atoms with Gasteiger partial charge in [-0.3, -0.25) is 0 Å². The highest BCUT2D eigenvalue weighted by Gasteiger charge is 2.22. The van der Waals surface area contributed by atoms with E-state index in [1.165, 1.54) is 25.9 Å². The van der Waals surface area contributed by atoms with Crippen molar-refractivity contribution in [1.82, 2.24) is 15.1 Å². The van der Waals surface area contributed by atoms with Crippen LogP contribution in [-0.4, -0.2) is 75.4 Å². The molecular formula is C13H27N3O. The Balaban J connectivity index is 1.67. The second-order valence-electron chi connectivity index (χ2n) is 5.52. The third-order valence-electron chi connectivity index (χ3n) is 4.03. The van der Waals surface area contributed by atoms with Crippen molar-refractivity contribution < 1.29 is 4.74 Å². The molecule has 2 saturated heterocycles. The minimum Gasteiger partial charge on any atom is -0.376 e. The first-order chi connectivity index (χ1) is 8.25. The Bertz CT molecular complexity index is 219. The lowest BCUT2D eigenvalue weighted by Crippen LogP contribution is -2.46. The molecule has 2 heterocycles. The summed E-state index contributed by atoms with van der Waals surface area (Å²) in [6.45, 7) is 6.56. The number of hydrogen-bond acceptors (Lipinski definition) is 4. The molecule has 4 heteroatoms. The summed E-state index contributed by atoms with van der Waals surface area (Å²) in [5.74, 6) is 0. The Morgan fingerprint density at radius 1 is 1.47 bits per heavy atom. The second-order valence-corrected chi connectivity index (χ2v) is 5.52. The van der Waals surface area contributed by atoms with Gasteiger partial charge in [-0.15, -0.1) is 0 Å². The van der Waals surface area contributed by atoms with E-state index in [4.69, 9.17) is 4.74 Å². The highest BCUT2D eigenvalue weighted by molar-refractivity contribution is 4.78. The van der Waals surface area contributed by atoms with Gasteiger partial charge in [0, 0.05) is 32.2 Å². The van der Waals surface area contributed by atoms with E-state index in [0.717, 1.165) is 38.7 Å². The molecule has 2 atom stereocenters. The number of rotatable bonds is 4. The summed E-state index contributed by atoms with van der Waals surface area (Å²) in [6.07, 6.45) is 4.27. The van der Waals surface area contributed by atoms with Gasteiger partial charge in [0.2, 0.25) is 0 Å². The van der Waals surface area contributed by atoms with Crippen LogP contribution < -0.4 is 5.32 Å². The average Bonchev–Trinajstić information content (AvgIpc) is 2.37. The molecule has 0 spiro atoms. The van der Waals surface area contributed by atoms with Crippen LogP contribution in [0, 0.1) is 0 Å². The Morgan fingerprint density at radius 2 is 2.35 bits per heavy atom. The van der Waals surface area contributed by atoms with E-state index >= 15 is 0 Å². The zero-order valence-corrected chi connectivity index (χ0v) is 11.3. The Labute approximate surface area is 105 Å². The minimum atomic E-state index is 0.424. The molecule has 2 aliphatic heterocycles. The third-order valence-corrected chi connectivity index (χ3v) is 4.03. The molecule has 2 aliphatic rings. The van der Waals surface area contributed by atoms with Gasteiger partial charge in [0.05, 0.1) is 12.7 Å². The highest BCUT2D eigenvalue weighted by Crippen LogP contribution is 2.14. The molecule has 2 fully saturated rings. The number of likely N-dealkylation sites (tertiary alicyclic amines) is 1. The average molecular weight is 241 g/mol. The Hall–Kier alpha value is -0.160. The van der Waals surface area contributed by atoms with E-state index < -0.39 is 0 Å². The zero-order chi connectivity index (χ0) is 12.1. The van der Waals surface area contributed by atoms with Gasteiger partial charge in [-0.1, -0.05) is 0 Å². The first-order valence-electron chi connectivity index (χ1n) is 6.97. The number of likely N-dealkylation sites (N-methyl/N-ethyl adjacent to an activating group) is 2. The van der Waals surface area contributed by atoms with Crippen LogP contribution >= 0.6 is 0 Å². The summed E-state index contributed by atoms with van der Waals surface area (Å²) in [6, 6.07) is 0.741. The Kier molecular flexibility index (Phi) is 5.22. The maximum absolute atomic E-state index is 5.74. The monoisotopic (exact) mass is 241 g/mol. The van der Waals surface area contributed by atoms with Crippen LogP contribution in [0.1, 0.15) is 19.3 Å². The van der Waals surface area contributed by atoms with Crippen LogP contribution in [0.4, 0.5) is 0 Å². The molecule has 0 aromatic heterocycles. The van der Waals surface area contributed by atoms with Crippen molar-refractivity contribution in [3.8, 4) is 0 Å². The molecule has 4 nitrogen and oxygen atoms in total. The predicted molar refractivity (Wildman–Crippen MR) is 70.4 cm³/mol. The molecule has 100 valence electrons. The van der Waals surface area contributed by atoms with E-state index in [1.54, 1.807) is 0 Å². The van der Waals surface area contributed by atoms with E-state index in [2.05, 4.69) is 29.2 Å². The largest absolute Gasteiger partial charge is 0.376 e. The van der Waals surface area contributed by atoms with E-state index in [1.807, 2.05) is 0 Å². The van der Waals surface area contributed by atoms with Crippen molar-refractivity contribution in [2.45, 2.75) is 31.4 Å². The first-order valence-corrected chi connectivity index (χ1v) is 6.97. The van der Waals surface area contributed by atoms with Gasteiger partial charge in [0.1, 0.15) is 0 Å². The normalized spacial score (nSPS) is 31.9.